The highest BCUT2D eigenvalue weighted by Crippen LogP contribution is 2.58. The SMILES string of the molecule is COC(=O)C1(C)C2CC(C)C(c3ccccc32)N1C(=O)C(F)(F)F. The van der Waals surface area contributed by atoms with Gasteiger partial charge in [0.25, 0.3) is 0 Å². The van der Waals surface area contributed by atoms with Crippen molar-refractivity contribution >= 4 is 11.9 Å². The van der Waals surface area contributed by atoms with Gasteiger partial charge < -0.3 is 9.64 Å². The number of fused-ring (bicyclic) bond motifs is 2. The van der Waals surface area contributed by atoms with Crippen molar-refractivity contribution < 1.29 is 27.5 Å². The molecule has 4 unspecified atom stereocenters. The molecule has 24 heavy (non-hydrogen) atoms. The first-order valence-corrected chi connectivity index (χ1v) is 7.71. The van der Waals surface area contributed by atoms with Gasteiger partial charge in [-0.25, -0.2) is 4.79 Å². The number of methoxy groups -OCH3 is 1. The van der Waals surface area contributed by atoms with Crippen molar-refractivity contribution in [1.29, 1.82) is 0 Å². The van der Waals surface area contributed by atoms with Crippen molar-refractivity contribution in [3.8, 4) is 0 Å². The standard InChI is InChI=1S/C17H18F3NO3/c1-9-8-12-10-6-4-5-7-11(10)13(9)21(14(22)17(18,19)20)16(12,2)15(23)24-3/h4-7,9,12-13H,8H2,1-3H3. The third-order valence-electron chi connectivity index (χ3n) is 5.35. The molecule has 1 aromatic carbocycles. The lowest BCUT2D eigenvalue weighted by atomic mass is 9.60. The Morgan fingerprint density at radius 2 is 1.83 bits per heavy atom. The smallest absolute Gasteiger partial charge is 0.467 e. The molecule has 2 heterocycles. The van der Waals surface area contributed by atoms with E-state index in [0.29, 0.717) is 16.9 Å². The van der Waals surface area contributed by atoms with E-state index in [2.05, 4.69) is 0 Å². The third-order valence-corrected chi connectivity index (χ3v) is 5.35. The maximum Gasteiger partial charge on any atom is 0.471 e. The Hall–Kier alpha value is -2.05. The molecular weight excluding hydrogens is 323 g/mol. The summed E-state index contributed by atoms with van der Waals surface area (Å²) in [6.07, 6.45) is -4.53. The molecule has 4 nitrogen and oxygen atoms in total. The molecule has 130 valence electrons. The van der Waals surface area contributed by atoms with Crippen LogP contribution in [0.25, 0.3) is 0 Å². The quantitative estimate of drug-likeness (QED) is 0.737. The Labute approximate surface area is 137 Å². The van der Waals surface area contributed by atoms with Gasteiger partial charge in [-0.2, -0.15) is 13.2 Å². The number of carbonyl (C=O) groups is 2. The highest BCUT2D eigenvalue weighted by molar-refractivity contribution is 5.92. The van der Waals surface area contributed by atoms with Crippen LogP contribution in [-0.4, -0.2) is 35.6 Å². The number of hydrogen-bond acceptors (Lipinski definition) is 3. The molecule has 0 radical (unpaired) electrons. The van der Waals surface area contributed by atoms with Crippen LogP contribution in [0.4, 0.5) is 13.2 Å². The molecule has 0 N–H and O–H groups in total. The van der Waals surface area contributed by atoms with Crippen LogP contribution in [0.3, 0.4) is 0 Å². The van der Waals surface area contributed by atoms with Gasteiger partial charge in [0.2, 0.25) is 0 Å². The summed E-state index contributed by atoms with van der Waals surface area (Å²) >= 11 is 0. The number of rotatable bonds is 1. The highest BCUT2D eigenvalue weighted by atomic mass is 19.4. The van der Waals surface area contributed by atoms with E-state index in [9.17, 15) is 22.8 Å². The van der Waals surface area contributed by atoms with Crippen LogP contribution in [0.15, 0.2) is 24.3 Å². The molecule has 1 aromatic rings. The normalized spacial score (nSPS) is 31.6. The average Bonchev–Trinajstić information content (AvgIpc) is 2.54. The molecule has 1 saturated heterocycles. The molecule has 2 bridgehead atoms. The zero-order valence-electron chi connectivity index (χ0n) is 13.6. The molecule has 0 aromatic heterocycles. The second-order valence-corrected chi connectivity index (χ2v) is 6.65. The van der Waals surface area contributed by atoms with Crippen molar-refractivity contribution in [3.63, 3.8) is 0 Å². The van der Waals surface area contributed by atoms with E-state index in [1.54, 1.807) is 25.1 Å². The maximum atomic E-state index is 13.2. The van der Waals surface area contributed by atoms with Crippen molar-refractivity contribution in [1.82, 2.24) is 4.90 Å². The van der Waals surface area contributed by atoms with Crippen LogP contribution in [-0.2, 0) is 14.3 Å². The minimum atomic E-state index is -5.05. The topological polar surface area (TPSA) is 46.6 Å². The van der Waals surface area contributed by atoms with Gasteiger partial charge in [-0.05, 0) is 30.4 Å². The van der Waals surface area contributed by atoms with Gasteiger partial charge in [0.05, 0.1) is 13.2 Å². The first kappa shape index (κ1) is 16.8. The predicted molar refractivity (Wildman–Crippen MR) is 79.0 cm³/mol. The number of piperidine rings is 1. The Kier molecular flexibility index (Phi) is 3.66. The van der Waals surface area contributed by atoms with Crippen LogP contribution in [0, 0.1) is 5.92 Å². The van der Waals surface area contributed by atoms with Crippen LogP contribution < -0.4 is 0 Å². The zero-order valence-corrected chi connectivity index (χ0v) is 13.6. The number of alkyl halides is 3. The number of nitrogens with zero attached hydrogens (tertiary/aromatic N) is 1. The molecule has 1 amide bonds. The van der Waals surface area contributed by atoms with Gasteiger partial charge >= 0.3 is 18.1 Å². The van der Waals surface area contributed by atoms with Gasteiger partial charge in [0.1, 0.15) is 5.54 Å². The van der Waals surface area contributed by atoms with Crippen molar-refractivity contribution in [3.05, 3.63) is 35.4 Å². The fraction of sp³-hybridized carbons (Fsp3) is 0.529. The Balaban J connectivity index is 2.25. The lowest BCUT2D eigenvalue weighted by Crippen LogP contribution is -2.68. The number of halogens is 3. The average molecular weight is 341 g/mol. The number of amides is 1. The van der Waals surface area contributed by atoms with E-state index in [1.807, 2.05) is 6.07 Å². The molecular formula is C17H18F3NO3. The van der Waals surface area contributed by atoms with Gasteiger partial charge in [0.15, 0.2) is 0 Å². The lowest BCUT2D eigenvalue weighted by molar-refractivity contribution is -0.208. The summed E-state index contributed by atoms with van der Waals surface area (Å²) in [4.78, 5) is 25.4. The van der Waals surface area contributed by atoms with Crippen LogP contribution in [0.1, 0.15) is 43.4 Å². The zero-order chi connectivity index (χ0) is 17.9. The fourth-order valence-corrected chi connectivity index (χ4v) is 4.34. The largest absolute Gasteiger partial charge is 0.471 e. The number of ether oxygens (including phenoxy) is 1. The molecule has 0 saturated carbocycles. The van der Waals surface area contributed by atoms with Crippen molar-refractivity contribution in [2.24, 2.45) is 5.92 Å². The Bertz CT molecular complexity index is 703. The van der Waals surface area contributed by atoms with Gasteiger partial charge in [0, 0.05) is 5.92 Å². The van der Waals surface area contributed by atoms with E-state index in [4.69, 9.17) is 4.74 Å². The number of hydrogen-bond donors (Lipinski definition) is 0. The number of esters is 1. The van der Waals surface area contributed by atoms with Crippen molar-refractivity contribution in [2.75, 3.05) is 7.11 Å². The molecule has 1 fully saturated rings. The summed E-state index contributed by atoms with van der Waals surface area (Å²) < 4.78 is 44.5. The summed E-state index contributed by atoms with van der Waals surface area (Å²) in [5.41, 5.74) is -0.174. The first-order valence-electron chi connectivity index (χ1n) is 7.71. The highest BCUT2D eigenvalue weighted by Gasteiger charge is 2.64. The van der Waals surface area contributed by atoms with Crippen LogP contribution >= 0.6 is 0 Å². The van der Waals surface area contributed by atoms with E-state index in [1.165, 1.54) is 6.92 Å². The number of benzene rings is 1. The summed E-state index contributed by atoms with van der Waals surface area (Å²) in [7, 11) is 1.13. The molecule has 7 heteroatoms. The summed E-state index contributed by atoms with van der Waals surface area (Å²) in [6, 6.07) is 6.27. The van der Waals surface area contributed by atoms with Gasteiger partial charge in [-0.3, -0.25) is 4.79 Å². The molecule has 1 aliphatic carbocycles. The summed E-state index contributed by atoms with van der Waals surface area (Å²) in [6.45, 7) is 3.18. The second-order valence-electron chi connectivity index (χ2n) is 6.65. The minimum Gasteiger partial charge on any atom is -0.467 e. The van der Waals surface area contributed by atoms with Crippen molar-refractivity contribution in [2.45, 2.75) is 43.9 Å². The van der Waals surface area contributed by atoms with E-state index in [0.717, 1.165) is 12.7 Å². The molecule has 4 atom stereocenters. The number of carbonyl (C=O) groups excluding carboxylic acids is 2. The predicted octanol–water partition coefficient (Wildman–Crippen LogP) is 3.19. The molecule has 3 aliphatic rings. The van der Waals surface area contributed by atoms with Gasteiger partial charge in [-0.1, -0.05) is 31.2 Å². The summed E-state index contributed by atoms with van der Waals surface area (Å²) in [5.74, 6) is -3.54. The van der Waals surface area contributed by atoms with Gasteiger partial charge in [-0.15, -0.1) is 0 Å². The molecule has 0 spiro atoms. The summed E-state index contributed by atoms with van der Waals surface area (Å²) in [5, 5.41) is 0. The van der Waals surface area contributed by atoms with E-state index < -0.39 is 35.6 Å². The van der Waals surface area contributed by atoms with Crippen LogP contribution in [0.2, 0.25) is 0 Å². The Morgan fingerprint density at radius 3 is 2.38 bits per heavy atom. The van der Waals surface area contributed by atoms with E-state index >= 15 is 0 Å². The molecule has 4 rings (SSSR count). The van der Waals surface area contributed by atoms with E-state index in [-0.39, 0.29) is 5.92 Å². The third kappa shape index (κ3) is 2.06. The maximum absolute atomic E-state index is 13.2. The first-order chi connectivity index (χ1) is 11.1. The second kappa shape index (κ2) is 5.22. The van der Waals surface area contributed by atoms with Crippen LogP contribution in [0.5, 0.6) is 0 Å². The lowest BCUT2D eigenvalue weighted by Gasteiger charge is -2.59. The Morgan fingerprint density at radius 1 is 1.25 bits per heavy atom. The monoisotopic (exact) mass is 341 g/mol. The minimum absolute atomic E-state index is 0.186. The fourth-order valence-electron chi connectivity index (χ4n) is 4.34. The molecule has 2 aliphatic heterocycles.